The smallest absolute Gasteiger partial charge is 0.269 e. The quantitative estimate of drug-likeness (QED) is 0.469. The molecule has 0 bridgehead atoms. The number of non-ortho nitro benzene ring substituents is 1. The van der Waals surface area contributed by atoms with E-state index in [0.717, 1.165) is 0 Å². The summed E-state index contributed by atoms with van der Waals surface area (Å²) >= 11 is 0. The summed E-state index contributed by atoms with van der Waals surface area (Å²) in [6, 6.07) is 14.4. The molecule has 0 heterocycles. The molecule has 5 nitrogen and oxygen atoms in total. The Morgan fingerprint density at radius 2 is 1.68 bits per heavy atom. The molecule has 0 saturated carbocycles. The van der Waals surface area contributed by atoms with Crippen LogP contribution in [0.15, 0.2) is 54.6 Å². The highest BCUT2D eigenvalue weighted by Crippen LogP contribution is 2.13. The summed E-state index contributed by atoms with van der Waals surface area (Å²) in [7, 11) is 0. The molecule has 2 rings (SSSR count). The zero-order valence-electron chi connectivity index (χ0n) is 9.98. The zero-order valence-corrected chi connectivity index (χ0v) is 9.98. The van der Waals surface area contributed by atoms with Gasteiger partial charge in [0.2, 0.25) is 0 Å². The van der Waals surface area contributed by atoms with Crippen LogP contribution in [0.25, 0.3) is 0 Å². The van der Waals surface area contributed by atoms with Gasteiger partial charge >= 0.3 is 0 Å². The molecule has 0 unspecified atom stereocenters. The van der Waals surface area contributed by atoms with Crippen LogP contribution in [0, 0.1) is 10.1 Å². The number of carbonyl (C=O) groups excluding carboxylic acids is 1. The molecule has 96 valence electrons. The number of rotatable bonds is 5. The maximum absolute atomic E-state index is 11.8. The molecule has 2 aromatic rings. The van der Waals surface area contributed by atoms with Gasteiger partial charge in [-0.25, -0.2) is 0 Å². The maximum Gasteiger partial charge on any atom is 0.269 e. The first-order valence-electron chi connectivity index (χ1n) is 5.62. The molecule has 0 atom stereocenters. The Labute approximate surface area is 109 Å². The van der Waals surface area contributed by atoms with E-state index in [-0.39, 0.29) is 18.1 Å². The average molecular weight is 257 g/mol. The van der Waals surface area contributed by atoms with E-state index in [1.165, 1.54) is 24.3 Å². The van der Waals surface area contributed by atoms with Crippen molar-refractivity contribution in [3.63, 3.8) is 0 Å². The Bertz CT molecular complexity index is 578. The number of benzene rings is 2. The van der Waals surface area contributed by atoms with Crippen LogP contribution < -0.4 is 4.74 Å². The van der Waals surface area contributed by atoms with Crippen molar-refractivity contribution in [2.45, 2.75) is 0 Å². The molecule has 0 fully saturated rings. The Balaban J connectivity index is 1.98. The van der Waals surface area contributed by atoms with E-state index in [9.17, 15) is 14.9 Å². The Kier molecular flexibility index (Phi) is 3.87. The number of Topliss-reactive ketones (excluding diaryl/α,β-unsaturated/α-hetero) is 1. The van der Waals surface area contributed by atoms with Crippen LogP contribution in [-0.4, -0.2) is 17.3 Å². The minimum atomic E-state index is -0.505. The Morgan fingerprint density at radius 1 is 1.05 bits per heavy atom. The van der Waals surface area contributed by atoms with Crippen LogP contribution in [0.2, 0.25) is 0 Å². The highest BCUT2D eigenvalue weighted by atomic mass is 16.6. The second-order valence-electron chi connectivity index (χ2n) is 3.83. The lowest BCUT2D eigenvalue weighted by Gasteiger charge is -2.04. The molecule has 2 aromatic carbocycles. The fourth-order valence-corrected chi connectivity index (χ4v) is 1.52. The van der Waals surface area contributed by atoms with Crippen LogP contribution in [0.4, 0.5) is 5.69 Å². The summed E-state index contributed by atoms with van der Waals surface area (Å²) in [6.07, 6.45) is 0. The highest BCUT2D eigenvalue weighted by Gasteiger charge is 2.10. The first-order valence-corrected chi connectivity index (χ1v) is 5.62. The summed E-state index contributed by atoms with van der Waals surface area (Å²) in [4.78, 5) is 21.8. The predicted molar refractivity (Wildman–Crippen MR) is 69.4 cm³/mol. The summed E-state index contributed by atoms with van der Waals surface area (Å²) in [5.74, 6) is 0.386. The van der Waals surface area contributed by atoms with E-state index in [4.69, 9.17) is 4.74 Å². The van der Waals surface area contributed by atoms with E-state index in [2.05, 4.69) is 0 Å². The second kappa shape index (κ2) is 5.77. The van der Waals surface area contributed by atoms with Gasteiger partial charge in [0.15, 0.2) is 12.4 Å². The third kappa shape index (κ3) is 3.38. The van der Waals surface area contributed by atoms with E-state index in [1.54, 1.807) is 12.1 Å². The molecule has 0 aliphatic rings. The van der Waals surface area contributed by atoms with Gasteiger partial charge in [-0.3, -0.25) is 14.9 Å². The summed E-state index contributed by atoms with van der Waals surface area (Å²) in [5.41, 5.74) is 0.349. The fraction of sp³-hybridized carbons (Fsp3) is 0.0714. The topological polar surface area (TPSA) is 69.4 Å². The van der Waals surface area contributed by atoms with Gasteiger partial charge in [0.25, 0.3) is 5.69 Å². The average Bonchev–Trinajstić information content (AvgIpc) is 2.46. The van der Waals surface area contributed by atoms with Crippen molar-refractivity contribution in [2.24, 2.45) is 0 Å². The Hall–Kier alpha value is -2.69. The van der Waals surface area contributed by atoms with Crippen molar-refractivity contribution in [1.29, 1.82) is 0 Å². The molecule has 0 spiro atoms. The van der Waals surface area contributed by atoms with Gasteiger partial charge in [-0.15, -0.1) is 0 Å². The number of nitrogens with zero attached hydrogens (tertiary/aromatic N) is 1. The van der Waals surface area contributed by atoms with Crippen LogP contribution in [0.1, 0.15) is 10.4 Å². The molecular formula is C14H11NO4. The molecule has 0 aliphatic carbocycles. The molecular weight excluding hydrogens is 246 g/mol. The molecule has 19 heavy (non-hydrogen) atoms. The van der Waals surface area contributed by atoms with Gasteiger partial charge in [0.1, 0.15) is 5.75 Å². The summed E-state index contributed by atoms with van der Waals surface area (Å²) in [6.45, 7) is -0.0954. The van der Waals surface area contributed by atoms with E-state index in [0.29, 0.717) is 11.3 Å². The second-order valence-corrected chi connectivity index (χ2v) is 3.83. The van der Waals surface area contributed by atoms with Crippen LogP contribution in [0.3, 0.4) is 0 Å². The number of hydrogen-bond acceptors (Lipinski definition) is 4. The first-order chi connectivity index (χ1) is 9.16. The number of ketones is 1. The van der Waals surface area contributed by atoms with Gasteiger partial charge in [0.05, 0.1) is 4.92 Å². The SMILES string of the molecule is O=C(COc1ccccc1)c1ccc([N+](=O)[O-])cc1. The van der Waals surface area contributed by atoms with Crippen molar-refractivity contribution >= 4 is 11.5 Å². The first kappa shape index (κ1) is 12.8. The number of hydrogen-bond donors (Lipinski definition) is 0. The highest BCUT2D eigenvalue weighted by molar-refractivity contribution is 5.97. The van der Waals surface area contributed by atoms with Gasteiger partial charge in [-0.2, -0.15) is 0 Å². The van der Waals surface area contributed by atoms with Crippen molar-refractivity contribution < 1.29 is 14.5 Å². The van der Waals surface area contributed by atoms with E-state index < -0.39 is 4.92 Å². The molecule has 0 saturated heterocycles. The van der Waals surface area contributed by atoms with Crippen LogP contribution >= 0.6 is 0 Å². The van der Waals surface area contributed by atoms with Crippen molar-refractivity contribution in [2.75, 3.05) is 6.61 Å². The minimum absolute atomic E-state index is 0.0412. The van der Waals surface area contributed by atoms with E-state index in [1.807, 2.05) is 18.2 Å². The molecule has 0 radical (unpaired) electrons. The normalized spacial score (nSPS) is 9.89. The van der Waals surface area contributed by atoms with Gasteiger partial charge in [0, 0.05) is 17.7 Å². The lowest BCUT2D eigenvalue weighted by Crippen LogP contribution is -2.11. The van der Waals surface area contributed by atoms with Gasteiger partial charge < -0.3 is 4.74 Å². The Morgan fingerprint density at radius 3 is 2.26 bits per heavy atom. The van der Waals surface area contributed by atoms with Crippen molar-refractivity contribution in [3.8, 4) is 5.75 Å². The standard InChI is InChI=1S/C14H11NO4/c16-14(10-19-13-4-2-1-3-5-13)11-6-8-12(9-7-11)15(17)18/h1-9H,10H2. The molecule has 0 amide bonds. The summed E-state index contributed by atoms with van der Waals surface area (Å²) < 4.78 is 5.32. The lowest BCUT2D eigenvalue weighted by molar-refractivity contribution is -0.384. The van der Waals surface area contributed by atoms with Gasteiger partial charge in [-0.1, -0.05) is 18.2 Å². The lowest BCUT2D eigenvalue weighted by atomic mass is 10.1. The number of carbonyl (C=O) groups is 1. The largest absolute Gasteiger partial charge is 0.485 e. The third-order valence-electron chi connectivity index (χ3n) is 2.51. The summed E-state index contributed by atoms with van der Waals surface area (Å²) in [5, 5.41) is 10.5. The van der Waals surface area contributed by atoms with Crippen LogP contribution in [-0.2, 0) is 0 Å². The van der Waals surface area contributed by atoms with Crippen molar-refractivity contribution in [1.82, 2.24) is 0 Å². The van der Waals surface area contributed by atoms with Gasteiger partial charge in [-0.05, 0) is 24.3 Å². The maximum atomic E-state index is 11.8. The molecule has 0 N–H and O–H groups in total. The molecule has 0 aromatic heterocycles. The number of ether oxygens (including phenoxy) is 1. The zero-order chi connectivity index (χ0) is 13.7. The predicted octanol–water partition coefficient (Wildman–Crippen LogP) is 2.86. The fourth-order valence-electron chi connectivity index (χ4n) is 1.52. The monoisotopic (exact) mass is 257 g/mol. The van der Waals surface area contributed by atoms with Crippen molar-refractivity contribution in [3.05, 3.63) is 70.3 Å². The number of para-hydroxylation sites is 1. The third-order valence-corrected chi connectivity index (χ3v) is 2.51. The molecule has 0 aliphatic heterocycles. The van der Waals surface area contributed by atoms with E-state index >= 15 is 0 Å². The minimum Gasteiger partial charge on any atom is -0.485 e. The molecule has 5 heteroatoms. The number of nitro groups is 1. The number of nitro benzene ring substituents is 1. The van der Waals surface area contributed by atoms with Crippen LogP contribution in [0.5, 0.6) is 5.75 Å².